The largest absolute Gasteiger partial charge is 0.363 e. The minimum absolute atomic E-state index is 0.0657. The molecule has 2 heterocycles. The van der Waals surface area contributed by atoms with Gasteiger partial charge in [-0.25, -0.2) is 13.1 Å². The van der Waals surface area contributed by atoms with Gasteiger partial charge in [-0.15, -0.1) is 21.5 Å². The molecule has 0 spiro atoms. The summed E-state index contributed by atoms with van der Waals surface area (Å²) < 4.78 is 30.8. The van der Waals surface area contributed by atoms with Crippen molar-refractivity contribution < 1.29 is 12.9 Å². The maximum absolute atomic E-state index is 11.9. The van der Waals surface area contributed by atoms with E-state index in [0.29, 0.717) is 12.1 Å². The topological polar surface area (TPSA) is 98.0 Å². The minimum Gasteiger partial charge on any atom is -0.363 e. The molecule has 0 amide bonds. The summed E-state index contributed by atoms with van der Waals surface area (Å²) in [5.41, 5.74) is 0.342. The molecule has 2 rings (SSSR count). The maximum atomic E-state index is 11.9. The van der Waals surface area contributed by atoms with Gasteiger partial charge in [0.15, 0.2) is 0 Å². The van der Waals surface area contributed by atoms with Gasteiger partial charge in [0.05, 0.1) is 0 Å². The van der Waals surface area contributed by atoms with Gasteiger partial charge >= 0.3 is 0 Å². The van der Waals surface area contributed by atoms with Crippen LogP contribution in [0.5, 0.6) is 0 Å². The summed E-state index contributed by atoms with van der Waals surface area (Å²) in [4.78, 5) is 0.0657. The summed E-state index contributed by atoms with van der Waals surface area (Å²) in [7, 11) is -3.56. The zero-order valence-electron chi connectivity index (χ0n) is 9.87. The van der Waals surface area contributed by atoms with E-state index in [-0.39, 0.29) is 11.4 Å². The Balaban J connectivity index is 1.96. The molecule has 0 bridgehead atoms. The molecule has 0 aromatic carbocycles. The molecule has 0 aliphatic rings. The zero-order valence-corrected chi connectivity index (χ0v) is 11.5. The average Bonchev–Trinajstić information content (AvgIpc) is 2.87. The second kappa shape index (κ2) is 5.12. The lowest BCUT2D eigenvalue weighted by molar-refractivity contribution is 0.413. The molecule has 2 aromatic heterocycles. The number of aryl methyl sites for hydroxylation is 2. The first kappa shape index (κ1) is 13.1. The van der Waals surface area contributed by atoms with Crippen LogP contribution in [-0.4, -0.2) is 30.3 Å². The predicted molar refractivity (Wildman–Crippen MR) is 64.8 cm³/mol. The van der Waals surface area contributed by atoms with Crippen molar-refractivity contribution in [1.29, 1.82) is 0 Å². The van der Waals surface area contributed by atoms with E-state index < -0.39 is 10.0 Å². The van der Waals surface area contributed by atoms with E-state index in [1.807, 2.05) is 6.92 Å². The van der Waals surface area contributed by atoms with E-state index in [9.17, 15) is 8.42 Å². The van der Waals surface area contributed by atoms with E-state index in [4.69, 9.17) is 0 Å². The summed E-state index contributed by atoms with van der Waals surface area (Å²) in [6, 6.07) is 0. The van der Waals surface area contributed by atoms with Gasteiger partial charge in [-0.05, 0) is 13.8 Å². The predicted octanol–water partition coefficient (Wildman–Crippen LogP) is 0.664. The lowest BCUT2D eigenvalue weighted by Gasteiger charge is -2.02. The number of nitrogens with zero attached hydrogens (tertiary/aromatic N) is 3. The highest BCUT2D eigenvalue weighted by molar-refractivity contribution is 7.89. The molecule has 0 fully saturated rings. The Labute approximate surface area is 108 Å². The molecule has 0 unspecified atom stereocenters. The molecule has 7 nitrogen and oxygen atoms in total. The van der Waals surface area contributed by atoms with Crippen LogP contribution in [0.25, 0.3) is 0 Å². The highest BCUT2D eigenvalue weighted by Crippen LogP contribution is 2.13. The van der Waals surface area contributed by atoms with Gasteiger partial charge < -0.3 is 4.52 Å². The van der Waals surface area contributed by atoms with Crippen LogP contribution in [0.3, 0.4) is 0 Å². The first-order valence-electron chi connectivity index (χ1n) is 5.18. The molecule has 0 radical (unpaired) electrons. The number of aromatic nitrogens is 3. The van der Waals surface area contributed by atoms with Crippen LogP contribution in [0.15, 0.2) is 15.7 Å². The zero-order chi connectivity index (χ0) is 13.2. The summed E-state index contributed by atoms with van der Waals surface area (Å²) in [6.45, 7) is 3.69. The van der Waals surface area contributed by atoms with E-state index in [2.05, 4.69) is 24.6 Å². The third-order valence-corrected chi connectivity index (χ3v) is 4.65. The van der Waals surface area contributed by atoms with Crippen LogP contribution in [0.4, 0.5) is 0 Å². The monoisotopic (exact) mass is 288 g/mol. The van der Waals surface area contributed by atoms with Gasteiger partial charge in [0.25, 0.3) is 0 Å². The van der Waals surface area contributed by atoms with E-state index in [1.54, 1.807) is 6.92 Å². The van der Waals surface area contributed by atoms with Crippen molar-refractivity contribution >= 4 is 21.4 Å². The number of nitrogens with one attached hydrogen (secondary N) is 1. The van der Waals surface area contributed by atoms with Gasteiger partial charge in [-0.1, -0.05) is 5.16 Å². The summed E-state index contributed by atoms with van der Waals surface area (Å²) >= 11 is 1.45. The molecule has 0 aliphatic carbocycles. The number of sulfonamides is 1. The number of rotatable bonds is 5. The van der Waals surface area contributed by atoms with Crippen LogP contribution in [-0.2, 0) is 16.4 Å². The molecule has 0 saturated carbocycles. The van der Waals surface area contributed by atoms with Crippen LogP contribution in [0, 0.1) is 13.8 Å². The van der Waals surface area contributed by atoms with Gasteiger partial charge in [0.1, 0.15) is 26.9 Å². The van der Waals surface area contributed by atoms with Crippen molar-refractivity contribution in [2.45, 2.75) is 25.2 Å². The molecule has 9 heteroatoms. The third-order valence-electron chi connectivity index (χ3n) is 2.19. The van der Waals surface area contributed by atoms with Crippen molar-refractivity contribution in [3.8, 4) is 0 Å². The van der Waals surface area contributed by atoms with Crippen LogP contribution in [0.1, 0.15) is 15.7 Å². The SMILES string of the molecule is Cc1nnc(CCNS(=O)(=O)c2conc2C)s1. The van der Waals surface area contributed by atoms with Crippen LogP contribution < -0.4 is 4.72 Å². The molecule has 18 heavy (non-hydrogen) atoms. The fraction of sp³-hybridized carbons (Fsp3) is 0.444. The van der Waals surface area contributed by atoms with Crippen molar-refractivity contribution in [3.63, 3.8) is 0 Å². The normalized spacial score (nSPS) is 11.9. The average molecular weight is 288 g/mol. The highest BCUT2D eigenvalue weighted by atomic mass is 32.2. The third kappa shape index (κ3) is 2.92. The van der Waals surface area contributed by atoms with Crippen molar-refractivity contribution in [2.24, 2.45) is 0 Å². The molecule has 1 N–H and O–H groups in total. The smallest absolute Gasteiger partial charge is 0.245 e. The van der Waals surface area contributed by atoms with Crippen LogP contribution in [0.2, 0.25) is 0 Å². The second-order valence-electron chi connectivity index (χ2n) is 3.63. The Morgan fingerprint density at radius 1 is 1.39 bits per heavy atom. The van der Waals surface area contributed by atoms with Crippen molar-refractivity contribution in [2.75, 3.05) is 6.54 Å². The molecule has 2 aromatic rings. The van der Waals surface area contributed by atoms with Crippen molar-refractivity contribution in [1.82, 2.24) is 20.1 Å². The molecule has 0 aliphatic heterocycles. The minimum atomic E-state index is -3.56. The fourth-order valence-corrected chi connectivity index (χ4v) is 3.18. The summed E-state index contributed by atoms with van der Waals surface area (Å²) in [5.74, 6) is 0. The van der Waals surface area contributed by atoms with Gasteiger partial charge in [0, 0.05) is 13.0 Å². The van der Waals surface area contributed by atoms with E-state index in [1.165, 1.54) is 11.3 Å². The molecule has 98 valence electrons. The number of hydrogen-bond acceptors (Lipinski definition) is 7. The fourth-order valence-electron chi connectivity index (χ4n) is 1.35. The van der Waals surface area contributed by atoms with Gasteiger partial charge in [-0.3, -0.25) is 0 Å². The Hall–Kier alpha value is -1.32. The van der Waals surface area contributed by atoms with Crippen molar-refractivity contribution in [3.05, 3.63) is 22.0 Å². The highest BCUT2D eigenvalue weighted by Gasteiger charge is 2.19. The molecular weight excluding hydrogens is 276 g/mol. The quantitative estimate of drug-likeness (QED) is 0.868. The Morgan fingerprint density at radius 2 is 2.17 bits per heavy atom. The first-order chi connectivity index (χ1) is 8.49. The van der Waals surface area contributed by atoms with Gasteiger partial charge in [-0.2, -0.15) is 0 Å². The summed E-state index contributed by atoms with van der Waals surface area (Å²) in [6.07, 6.45) is 1.63. The van der Waals surface area contributed by atoms with Gasteiger partial charge in [0.2, 0.25) is 10.0 Å². The molecule has 0 atom stereocenters. The number of hydrogen-bond donors (Lipinski definition) is 1. The lowest BCUT2D eigenvalue weighted by atomic mass is 10.5. The van der Waals surface area contributed by atoms with Crippen LogP contribution >= 0.6 is 11.3 Å². The second-order valence-corrected chi connectivity index (χ2v) is 6.63. The molecule has 0 saturated heterocycles. The Bertz CT molecular complexity index is 632. The maximum Gasteiger partial charge on any atom is 0.245 e. The van der Waals surface area contributed by atoms with E-state index >= 15 is 0 Å². The summed E-state index contributed by atoms with van der Waals surface area (Å²) in [5, 5.41) is 13.0. The Kier molecular flexibility index (Phi) is 3.73. The lowest BCUT2D eigenvalue weighted by Crippen LogP contribution is -2.26. The molecular formula is C9H12N4O3S2. The standard InChI is InChI=1S/C9H12N4O3S2/c1-6-8(5-16-13-6)18(14,15)10-4-3-9-12-11-7(2)17-9/h5,10H,3-4H2,1-2H3. The first-order valence-corrected chi connectivity index (χ1v) is 7.48. The Morgan fingerprint density at radius 3 is 2.72 bits per heavy atom. The van der Waals surface area contributed by atoms with E-state index in [0.717, 1.165) is 16.3 Å².